The number of carbonyl (C=O) groups is 1. The Morgan fingerprint density at radius 2 is 2.09 bits per heavy atom. The summed E-state index contributed by atoms with van der Waals surface area (Å²) in [6.07, 6.45) is 0.895. The smallest absolute Gasteiger partial charge is 0.230 e. The number of hydrogen-bond acceptors (Lipinski definition) is 5. The Balaban J connectivity index is 1.81. The van der Waals surface area contributed by atoms with Crippen molar-refractivity contribution in [2.24, 2.45) is 0 Å². The normalized spacial score (nSPS) is 12.9. The molecule has 4 nitrogen and oxygen atoms in total. The minimum absolute atomic E-state index is 0.0281. The molecule has 0 aliphatic carbocycles. The summed E-state index contributed by atoms with van der Waals surface area (Å²) in [5.41, 5.74) is 2.99. The second-order valence-electron chi connectivity index (χ2n) is 5.92. The standard InChI is InChI=1S/C16H21N3OS2/c1-12(9-16(2,3)13-7-5-4-6-8-13)18-14(20)10-21-15-19-17-11-22-15/h4-8,11-12H,9-10H2,1-3H3,(H,18,20). The van der Waals surface area contributed by atoms with Gasteiger partial charge in [0.2, 0.25) is 5.91 Å². The van der Waals surface area contributed by atoms with Crippen LogP contribution in [0.25, 0.3) is 0 Å². The van der Waals surface area contributed by atoms with Crippen molar-refractivity contribution in [3.8, 4) is 0 Å². The van der Waals surface area contributed by atoms with Crippen LogP contribution in [-0.4, -0.2) is 27.9 Å². The van der Waals surface area contributed by atoms with Crippen LogP contribution >= 0.6 is 23.1 Å². The second-order valence-corrected chi connectivity index (χ2v) is 7.97. The molecule has 0 fully saturated rings. The summed E-state index contributed by atoms with van der Waals surface area (Å²) in [5.74, 6) is 0.419. The quantitative estimate of drug-likeness (QED) is 0.787. The molecule has 0 saturated carbocycles. The summed E-state index contributed by atoms with van der Waals surface area (Å²) in [5, 5.41) is 10.7. The molecule has 118 valence electrons. The van der Waals surface area contributed by atoms with Crippen molar-refractivity contribution in [1.29, 1.82) is 0 Å². The van der Waals surface area contributed by atoms with Crippen molar-refractivity contribution in [1.82, 2.24) is 15.5 Å². The number of nitrogens with one attached hydrogen (secondary N) is 1. The largest absolute Gasteiger partial charge is 0.353 e. The molecule has 1 N–H and O–H groups in total. The molecule has 2 aromatic rings. The van der Waals surface area contributed by atoms with Crippen LogP contribution in [0, 0.1) is 0 Å². The highest BCUT2D eigenvalue weighted by atomic mass is 32.2. The van der Waals surface area contributed by atoms with Gasteiger partial charge in [-0.25, -0.2) is 0 Å². The van der Waals surface area contributed by atoms with Gasteiger partial charge in [0, 0.05) is 6.04 Å². The van der Waals surface area contributed by atoms with E-state index >= 15 is 0 Å². The molecule has 2 rings (SSSR count). The predicted octanol–water partition coefficient (Wildman–Crippen LogP) is 3.50. The zero-order valence-electron chi connectivity index (χ0n) is 13.1. The van der Waals surface area contributed by atoms with E-state index in [0.717, 1.165) is 10.8 Å². The maximum absolute atomic E-state index is 12.0. The summed E-state index contributed by atoms with van der Waals surface area (Å²) in [7, 11) is 0. The lowest BCUT2D eigenvalue weighted by Crippen LogP contribution is -2.38. The maximum atomic E-state index is 12.0. The number of nitrogens with zero attached hydrogens (tertiary/aromatic N) is 2. The lowest BCUT2D eigenvalue weighted by atomic mass is 9.79. The number of aromatic nitrogens is 2. The van der Waals surface area contributed by atoms with Gasteiger partial charge in [-0.15, -0.1) is 10.2 Å². The predicted molar refractivity (Wildman–Crippen MR) is 92.3 cm³/mol. The highest BCUT2D eigenvalue weighted by Gasteiger charge is 2.24. The molecule has 1 heterocycles. The van der Waals surface area contributed by atoms with Crippen molar-refractivity contribution in [3.63, 3.8) is 0 Å². The molecule has 1 unspecified atom stereocenters. The first kappa shape index (κ1) is 17.0. The van der Waals surface area contributed by atoms with Gasteiger partial charge in [-0.1, -0.05) is 67.3 Å². The van der Waals surface area contributed by atoms with Gasteiger partial charge in [0.05, 0.1) is 5.75 Å². The Kier molecular flexibility index (Phi) is 5.97. The first-order valence-corrected chi connectivity index (χ1v) is 9.08. The minimum Gasteiger partial charge on any atom is -0.353 e. The fraction of sp³-hybridized carbons (Fsp3) is 0.438. The number of thioether (sulfide) groups is 1. The molecule has 0 saturated heterocycles. The maximum Gasteiger partial charge on any atom is 0.230 e. The third kappa shape index (κ3) is 5.10. The Morgan fingerprint density at radius 1 is 1.36 bits per heavy atom. The van der Waals surface area contributed by atoms with Gasteiger partial charge < -0.3 is 5.32 Å². The van der Waals surface area contributed by atoms with Crippen LogP contribution in [0.1, 0.15) is 32.8 Å². The Morgan fingerprint density at radius 3 is 2.73 bits per heavy atom. The van der Waals surface area contributed by atoms with Gasteiger partial charge >= 0.3 is 0 Å². The monoisotopic (exact) mass is 335 g/mol. The number of hydrogen-bond donors (Lipinski definition) is 1. The molecular weight excluding hydrogens is 314 g/mol. The Bertz CT molecular complexity index is 585. The van der Waals surface area contributed by atoms with Gasteiger partial charge in [-0.3, -0.25) is 4.79 Å². The molecular formula is C16H21N3OS2. The van der Waals surface area contributed by atoms with Gasteiger partial charge in [0.25, 0.3) is 0 Å². The summed E-state index contributed by atoms with van der Waals surface area (Å²) in [4.78, 5) is 12.0. The van der Waals surface area contributed by atoms with Crippen molar-refractivity contribution < 1.29 is 4.79 Å². The highest BCUT2D eigenvalue weighted by Crippen LogP contribution is 2.28. The number of amides is 1. The molecule has 1 aromatic carbocycles. The molecule has 0 bridgehead atoms. The third-order valence-electron chi connectivity index (χ3n) is 3.45. The van der Waals surface area contributed by atoms with Crippen molar-refractivity contribution >= 4 is 29.0 Å². The van der Waals surface area contributed by atoms with E-state index in [0.29, 0.717) is 5.75 Å². The molecule has 22 heavy (non-hydrogen) atoms. The van der Waals surface area contributed by atoms with Gasteiger partial charge in [-0.05, 0) is 24.3 Å². The van der Waals surface area contributed by atoms with Gasteiger partial charge in [0.15, 0.2) is 4.34 Å². The van der Waals surface area contributed by atoms with Gasteiger partial charge in [-0.2, -0.15) is 0 Å². The van der Waals surface area contributed by atoms with E-state index in [1.54, 1.807) is 5.51 Å². The molecule has 6 heteroatoms. The van der Waals surface area contributed by atoms with E-state index < -0.39 is 0 Å². The molecule has 0 radical (unpaired) electrons. The zero-order valence-corrected chi connectivity index (χ0v) is 14.7. The van der Waals surface area contributed by atoms with Crippen LogP contribution in [0.2, 0.25) is 0 Å². The molecule has 1 atom stereocenters. The summed E-state index contributed by atoms with van der Waals surface area (Å²) >= 11 is 2.88. The van der Waals surface area contributed by atoms with Crippen molar-refractivity contribution in [2.45, 2.75) is 43.0 Å². The van der Waals surface area contributed by atoms with Crippen LogP contribution in [0.4, 0.5) is 0 Å². The van der Waals surface area contributed by atoms with E-state index in [9.17, 15) is 4.79 Å². The SMILES string of the molecule is CC(CC(C)(C)c1ccccc1)NC(=O)CSc1nncs1. The summed E-state index contributed by atoms with van der Waals surface area (Å²) in [6.45, 7) is 6.47. The lowest BCUT2D eigenvalue weighted by molar-refractivity contribution is -0.119. The third-order valence-corrected chi connectivity index (χ3v) is 5.31. The first-order valence-electron chi connectivity index (χ1n) is 7.21. The molecule has 1 amide bonds. The van der Waals surface area contributed by atoms with Crippen LogP contribution in [0.5, 0.6) is 0 Å². The number of benzene rings is 1. The van der Waals surface area contributed by atoms with Crippen molar-refractivity contribution in [2.75, 3.05) is 5.75 Å². The van der Waals surface area contributed by atoms with Crippen LogP contribution < -0.4 is 5.32 Å². The molecule has 0 aliphatic rings. The fourth-order valence-electron chi connectivity index (χ4n) is 2.49. The topological polar surface area (TPSA) is 54.9 Å². The number of carbonyl (C=O) groups excluding carboxylic acids is 1. The average Bonchev–Trinajstić information content (AvgIpc) is 2.98. The Labute approximate surface area is 139 Å². The number of rotatable bonds is 7. The Hall–Kier alpha value is -1.40. The van der Waals surface area contributed by atoms with Crippen LogP contribution in [-0.2, 0) is 10.2 Å². The van der Waals surface area contributed by atoms with Crippen molar-refractivity contribution in [3.05, 3.63) is 41.4 Å². The van der Waals surface area contributed by atoms with E-state index in [4.69, 9.17) is 0 Å². The zero-order chi connectivity index (χ0) is 16.0. The lowest BCUT2D eigenvalue weighted by Gasteiger charge is -2.29. The average molecular weight is 335 g/mol. The fourth-order valence-corrected chi connectivity index (χ4v) is 3.79. The van der Waals surface area contributed by atoms with E-state index in [-0.39, 0.29) is 17.4 Å². The van der Waals surface area contributed by atoms with E-state index in [1.165, 1.54) is 28.7 Å². The molecule has 1 aromatic heterocycles. The second kappa shape index (κ2) is 7.74. The summed E-state index contributed by atoms with van der Waals surface area (Å²) in [6, 6.07) is 10.5. The van der Waals surface area contributed by atoms with Gasteiger partial charge in [0.1, 0.15) is 5.51 Å². The minimum atomic E-state index is 0.0281. The molecule has 0 spiro atoms. The highest BCUT2D eigenvalue weighted by molar-refractivity contribution is 8.01. The van der Waals surface area contributed by atoms with E-state index in [2.05, 4.69) is 60.6 Å². The summed E-state index contributed by atoms with van der Waals surface area (Å²) < 4.78 is 0.826. The first-order chi connectivity index (χ1) is 10.5. The van der Waals surface area contributed by atoms with E-state index in [1.807, 2.05) is 6.07 Å². The van der Waals surface area contributed by atoms with Crippen LogP contribution in [0.3, 0.4) is 0 Å². The molecule has 0 aliphatic heterocycles. The van der Waals surface area contributed by atoms with Crippen LogP contribution in [0.15, 0.2) is 40.2 Å².